The maximum atomic E-state index is 11.1. The molecule has 0 saturated heterocycles. The number of aromatic amines is 1. The molecule has 1 aromatic rings. The number of nitrogen functional groups attached to an aromatic ring is 1. The van der Waals surface area contributed by atoms with Crippen molar-refractivity contribution >= 4 is 5.82 Å². The molecule has 72 valence electrons. The van der Waals surface area contributed by atoms with Crippen molar-refractivity contribution < 1.29 is 4.74 Å². The summed E-state index contributed by atoms with van der Waals surface area (Å²) in [6.07, 6.45) is 0. The number of nitrogens with zero attached hydrogens (tertiary/aromatic N) is 1. The number of H-pyrrole nitrogens is 1. The molecule has 0 saturated carbocycles. The van der Waals surface area contributed by atoms with Crippen LogP contribution in [-0.2, 0) is 11.3 Å². The fraction of sp³-hybridized carbons (Fsp3) is 0.429. The second-order valence-electron chi connectivity index (χ2n) is 2.51. The van der Waals surface area contributed by atoms with E-state index in [4.69, 9.17) is 10.5 Å². The molecule has 0 spiro atoms. The van der Waals surface area contributed by atoms with Crippen molar-refractivity contribution in [1.82, 2.24) is 9.55 Å². The first-order chi connectivity index (χ1) is 6.15. The molecule has 6 heteroatoms. The molecular formula is C7H11N3O3. The van der Waals surface area contributed by atoms with E-state index >= 15 is 0 Å². The van der Waals surface area contributed by atoms with Crippen LogP contribution in [-0.4, -0.2) is 23.3 Å². The number of ether oxygens (including phenoxy) is 1. The van der Waals surface area contributed by atoms with Crippen LogP contribution < -0.4 is 17.0 Å². The van der Waals surface area contributed by atoms with Crippen LogP contribution in [0.15, 0.2) is 15.7 Å². The van der Waals surface area contributed by atoms with Gasteiger partial charge < -0.3 is 10.5 Å². The molecule has 0 fully saturated rings. The Bertz CT molecular complexity index is 393. The molecule has 0 aliphatic heterocycles. The van der Waals surface area contributed by atoms with Crippen molar-refractivity contribution in [3.8, 4) is 0 Å². The summed E-state index contributed by atoms with van der Waals surface area (Å²) in [6, 6.07) is 1.16. The second kappa shape index (κ2) is 3.90. The number of nitrogens with one attached hydrogen (secondary N) is 1. The van der Waals surface area contributed by atoms with Crippen LogP contribution in [0.2, 0.25) is 0 Å². The number of hydrogen-bond acceptors (Lipinski definition) is 4. The lowest BCUT2D eigenvalue weighted by Gasteiger charge is -2.06. The zero-order valence-corrected chi connectivity index (χ0v) is 7.24. The van der Waals surface area contributed by atoms with E-state index in [0.29, 0.717) is 13.2 Å². The SMILES string of the molecule is COCCn1c(N)cc(=O)[nH]c1=O. The molecule has 0 aliphatic carbocycles. The molecule has 0 aromatic carbocycles. The molecule has 1 aromatic heterocycles. The zero-order chi connectivity index (χ0) is 9.84. The van der Waals surface area contributed by atoms with Crippen LogP contribution in [0.5, 0.6) is 0 Å². The maximum Gasteiger partial charge on any atom is 0.329 e. The number of aromatic nitrogens is 2. The summed E-state index contributed by atoms with van der Waals surface area (Å²) in [5.41, 5.74) is 4.45. The summed E-state index contributed by atoms with van der Waals surface area (Å²) >= 11 is 0. The maximum absolute atomic E-state index is 11.1. The Kier molecular flexibility index (Phi) is 2.86. The van der Waals surface area contributed by atoms with Gasteiger partial charge in [0, 0.05) is 13.2 Å². The summed E-state index contributed by atoms with van der Waals surface area (Å²) in [4.78, 5) is 24.0. The Hall–Kier alpha value is -1.56. The highest BCUT2D eigenvalue weighted by molar-refractivity contribution is 5.25. The second-order valence-corrected chi connectivity index (χ2v) is 2.51. The van der Waals surface area contributed by atoms with Gasteiger partial charge in [-0.3, -0.25) is 14.3 Å². The van der Waals surface area contributed by atoms with Crippen LogP contribution >= 0.6 is 0 Å². The van der Waals surface area contributed by atoms with Gasteiger partial charge in [0.15, 0.2) is 0 Å². The third kappa shape index (κ3) is 2.19. The molecule has 0 aliphatic rings. The van der Waals surface area contributed by atoms with E-state index in [1.54, 1.807) is 0 Å². The minimum atomic E-state index is -0.512. The van der Waals surface area contributed by atoms with Gasteiger partial charge in [-0.2, -0.15) is 0 Å². The monoisotopic (exact) mass is 185 g/mol. The molecule has 6 nitrogen and oxygen atoms in total. The van der Waals surface area contributed by atoms with Crippen molar-refractivity contribution in [2.24, 2.45) is 0 Å². The van der Waals surface area contributed by atoms with Crippen LogP contribution in [0.25, 0.3) is 0 Å². The summed E-state index contributed by atoms with van der Waals surface area (Å²) in [5, 5.41) is 0. The predicted octanol–water partition coefficient (Wildman–Crippen LogP) is -1.23. The first-order valence-corrected chi connectivity index (χ1v) is 3.73. The Labute approximate surface area is 74.0 Å². The van der Waals surface area contributed by atoms with Crippen molar-refractivity contribution in [1.29, 1.82) is 0 Å². The Balaban J connectivity index is 3.07. The Morgan fingerprint density at radius 1 is 1.62 bits per heavy atom. The van der Waals surface area contributed by atoms with Crippen LogP contribution in [0.1, 0.15) is 0 Å². The summed E-state index contributed by atoms with van der Waals surface area (Å²) < 4.78 is 6.02. The minimum Gasteiger partial charge on any atom is -0.385 e. The van der Waals surface area contributed by atoms with Gasteiger partial charge in [0.1, 0.15) is 5.82 Å². The average molecular weight is 185 g/mol. The third-order valence-electron chi connectivity index (χ3n) is 1.58. The lowest BCUT2D eigenvalue weighted by atomic mass is 10.5. The lowest BCUT2D eigenvalue weighted by Crippen LogP contribution is -2.32. The van der Waals surface area contributed by atoms with E-state index in [0.717, 1.165) is 6.07 Å². The lowest BCUT2D eigenvalue weighted by molar-refractivity contribution is 0.186. The molecule has 3 N–H and O–H groups in total. The fourth-order valence-electron chi connectivity index (χ4n) is 0.952. The Morgan fingerprint density at radius 3 is 2.85 bits per heavy atom. The minimum absolute atomic E-state index is 0.144. The quantitative estimate of drug-likeness (QED) is 0.616. The van der Waals surface area contributed by atoms with Crippen molar-refractivity contribution in [3.63, 3.8) is 0 Å². The molecule has 0 amide bonds. The first-order valence-electron chi connectivity index (χ1n) is 3.73. The number of anilines is 1. The van der Waals surface area contributed by atoms with Gasteiger partial charge in [-0.25, -0.2) is 4.79 Å². The zero-order valence-electron chi connectivity index (χ0n) is 7.24. The number of rotatable bonds is 3. The number of methoxy groups -OCH3 is 1. The van der Waals surface area contributed by atoms with Gasteiger partial charge in [0.25, 0.3) is 5.56 Å². The van der Waals surface area contributed by atoms with Gasteiger partial charge in [-0.05, 0) is 0 Å². The summed E-state index contributed by atoms with van der Waals surface area (Å²) in [7, 11) is 1.52. The molecular weight excluding hydrogens is 174 g/mol. The molecule has 0 bridgehead atoms. The van der Waals surface area contributed by atoms with Gasteiger partial charge in [-0.1, -0.05) is 0 Å². The third-order valence-corrected chi connectivity index (χ3v) is 1.58. The highest BCUT2D eigenvalue weighted by Gasteiger charge is 2.01. The van der Waals surface area contributed by atoms with E-state index in [2.05, 4.69) is 4.98 Å². The van der Waals surface area contributed by atoms with E-state index < -0.39 is 11.2 Å². The summed E-state index contributed by atoms with van der Waals surface area (Å²) in [5.74, 6) is 0.144. The van der Waals surface area contributed by atoms with E-state index in [9.17, 15) is 9.59 Å². The Morgan fingerprint density at radius 2 is 2.31 bits per heavy atom. The van der Waals surface area contributed by atoms with E-state index in [1.165, 1.54) is 11.7 Å². The van der Waals surface area contributed by atoms with Gasteiger partial charge in [0.2, 0.25) is 0 Å². The van der Waals surface area contributed by atoms with Gasteiger partial charge in [-0.15, -0.1) is 0 Å². The first kappa shape index (κ1) is 9.53. The highest BCUT2D eigenvalue weighted by Crippen LogP contribution is 1.91. The highest BCUT2D eigenvalue weighted by atomic mass is 16.5. The predicted molar refractivity (Wildman–Crippen MR) is 47.6 cm³/mol. The van der Waals surface area contributed by atoms with Crippen molar-refractivity contribution in [2.75, 3.05) is 19.5 Å². The van der Waals surface area contributed by atoms with Crippen molar-refractivity contribution in [2.45, 2.75) is 6.54 Å². The number of hydrogen-bond donors (Lipinski definition) is 2. The number of nitrogens with two attached hydrogens (primary N) is 1. The molecule has 13 heavy (non-hydrogen) atoms. The normalized spacial score (nSPS) is 10.2. The summed E-state index contributed by atoms with van der Waals surface area (Å²) in [6.45, 7) is 0.702. The molecule has 1 rings (SSSR count). The topological polar surface area (TPSA) is 90.1 Å². The van der Waals surface area contributed by atoms with Crippen LogP contribution in [0, 0.1) is 0 Å². The largest absolute Gasteiger partial charge is 0.385 e. The fourth-order valence-corrected chi connectivity index (χ4v) is 0.952. The average Bonchev–Trinajstić information content (AvgIpc) is 2.02. The van der Waals surface area contributed by atoms with Gasteiger partial charge >= 0.3 is 5.69 Å². The molecule has 0 atom stereocenters. The van der Waals surface area contributed by atoms with E-state index in [-0.39, 0.29) is 5.82 Å². The molecule has 0 radical (unpaired) electrons. The van der Waals surface area contributed by atoms with Crippen LogP contribution in [0.4, 0.5) is 5.82 Å². The van der Waals surface area contributed by atoms with Crippen LogP contribution in [0.3, 0.4) is 0 Å². The standard InChI is InChI=1S/C7H11N3O3/c1-13-3-2-10-5(8)4-6(11)9-7(10)12/h4H,2-3,8H2,1H3,(H,9,11,12). The van der Waals surface area contributed by atoms with Crippen molar-refractivity contribution in [3.05, 3.63) is 26.9 Å². The molecule has 1 heterocycles. The smallest absolute Gasteiger partial charge is 0.329 e. The van der Waals surface area contributed by atoms with E-state index in [1.807, 2.05) is 0 Å². The molecule has 0 unspecified atom stereocenters. The van der Waals surface area contributed by atoms with Gasteiger partial charge in [0.05, 0.1) is 13.2 Å².